The summed E-state index contributed by atoms with van der Waals surface area (Å²) in [7, 11) is 0. The van der Waals surface area contributed by atoms with Crippen LogP contribution in [0.25, 0.3) is 0 Å². The average Bonchev–Trinajstić information content (AvgIpc) is 2.80. The van der Waals surface area contributed by atoms with Crippen LogP contribution in [-0.2, 0) is 4.79 Å². The second-order valence-electron chi connectivity index (χ2n) is 5.45. The Labute approximate surface area is 117 Å². The number of para-hydroxylation sites is 1. The first-order valence-electron chi connectivity index (χ1n) is 6.93. The summed E-state index contributed by atoms with van der Waals surface area (Å²) in [5, 5.41) is 2.84. The molecule has 2 unspecified atom stereocenters. The van der Waals surface area contributed by atoms with Crippen molar-refractivity contribution in [2.45, 2.75) is 25.8 Å². The molecule has 2 saturated heterocycles. The number of benzene rings is 1. The van der Waals surface area contributed by atoms with E-state index in [0.29, 0.717) is 24.3 Å². The number of carbonyl (C=O) groups is 2. The molecule has 1 N–H and O–H groups in total. The maximum Gasteiger partial charge on any atom is 0.225 e. The van der Waals surface area contributed by atoms with Gasteiger partial charge in [0.15, 0.2) is 5.78 Å². The lowest BCUT2D eigenvalue weighted by Crippen LogP contribution is -2.46. The molecule has 0 saturated carbocycles. The highest BCUT2D eigenvalue weighted by molar-refractivity contribution is 6.00. The van der Waals surface area contributed by atoms with Crippen LogP contribution in [0.3, 0.4) is 0 Å². The van der Waals surface area contributed by atoms with Crippen molar-refractivity contribution in [1.82, 2.24) is 5.32 Å². The lowest BCUT2D eigenvalue weighted by Gasteiger charge is -2.38. The van der Waals surface area contributed by atoms with Crippen LogP contribution in [-0.4, -0.2) is 30.8 Å². The number of halogens is 1. The molecule has 1 amide bonds. The third-order valence-electron chi connectivity index (χ3n) is 4.25. The van der Waals surface area contributed by atoms with Crippen LogP contribution < -0.4 is 10.2 Å². The van der Waals surface area contributed by atoms with Gasteiger partial charge in [0.05, 0.1) is 17.6 Å². The van der Waals surface area contributed by atoms with Crippen LogP contribution >= 0.6 is 0 Å². The van der Waals surface area contributed by atoms with Crippen molar-refractivity contribution in [3.63, 3.8) is 0 Å². The first-order valence-corrected chi connectivity index (χ1v) is 6.93. The third kappa shape index (κ3) is 1.97. The lowest BCUT2D eigenvalue weighted by atomic mass is 9.90. The summed E-state index contributed by atoms with van der Waals surface area (Å²) < 4.78 is 14.3. The van der Waals surface area contributed by atoms with Gasteiger partial charge in [0.1, 0.15) is 5.82 Å². The predicted molar refractivity (Wildman–Crippen MR) is 73.3 cm³/mol. The zero-order valence-electron chi connectivity index (χ0n) is 11.4. The van der Waals surface area contributed by atoms with Gasteiger partial charge in [-0.2, -0.15) is 0 Å². The van der Waals surface area contributed by atoms with E-state index in [1.807, 2.05) is 4.90 Å². The molecule has 2 aliphatic rings. The minimum Gasteiger partial charge on any atom is -0.363 e. The molecular weight excluding hydrogens is 259 g/mol. The van der Waals surface area contributed by atoms with E-state index in [4.69, 9.17) is 0 Å². The molecular formula is C15H17FN2O2. The Morgan fingerprint density at radius 1 is 1.45 bits per heavy atom. The number of hydrogen-bond donors (Lipinski definition) is 1. The fourth-order valence-electron chi connectivity index (χ4n) is 3.32. The largest absolute Gasteiger partial charge is 0.363 e. The summed E-state index contributed by atoms with van der Waals surface area (Å²) in [6, 6.07) is 4.52. The van der Waals surface area contributed by atoms with Crippen LogP contribution in [0.4, 0.5) is 10.1 Å². The first kappa shape index (κ1) is 13.1. The van der Waals surface area contributed by atoms with Crippen molar-refractivity contribution in [1.29, 1.82) is 0 Å². The molecule has 106 valence electrons. The van der Waals surface area contributed by atoms with Gasteiger partial charge in [-0.1, -0.05) is 6.07 Å². The van der Waals surface area contributed by atoms with Crippen molar-refractivity contribution < 1.29 is 14.0 Å². The number of anilines is 1. The van der Waals surface area contributed by atoms with Gasteiger partial charge in [-0.3, -0.25) is 9.59 Å². The van der Waals surface area contributed by atoms with E-state index in [1.165, 1.54) is 13.0 Å². The van der Waals surface area contributed by atoms with Gasteiger partial charge in [-0.15, -0.1) is 0 Å². The molecule has 0 spiro atoms. The number of hydrogen-bond acceptors (Lipinski definition) is 3. The van der Waals surface area contributed by atoms with Crippen LogP contribution in [0.15, 0.2) is 18.2 Å². The number of fused-ring (bicyclic) bond motifs is 1. The van der Waals surface area contributed by atoms with E-state index >= 15 is 0 Å². The summed E-state index contributed by atoms with van der Waals surface area (Å²) in [5.74, 6) is -0.597. The van der Waals surface area contributed by atoms with E-state index in [0.717, 1.165) is 12.8 Å². The summed E-state index contributed by atoms with van der Waals surface area (Å²) >= 11 is 0. The van der Waals surface area contributed by atoms with Gasteiger partial charge >= 0.3 is 0 Å². The van der Waals surface area contributed by atoms with E-state index in [9.17, 15) is 14.0 Å². The smallest absolute Gasteiger partial charge is 0.225 e. The maximum atomic E-state index is 14.3. The quantitative estimate of drug-likeness (QED) is 0.837. The Kier molecular flexibility index (Phi) is 3.20. The van der Waals surface area contributed by atoms with E-state index in [1.54, 1.807) is 12.1 Å². The molecule has 4 nitrogen and oxygen atoms in total. The standard InChI is InChI=1S/C15H17FN2O2/c1-9(19)10-4-2-6-12(16)14(10)18-7-3-5-11-13(18)8-17-15(11)20/h2,4,6,11,13H,3,5,7-8H2,1H3,(H,17,20). The maximum absolute atomic E-state index is 14.3. The first-order chi connectivity index (χ1) is 9.59. The number of carbonyl (C=O) groups excluding carboxylic acids is 2. The van der Waals surface area contributed by atoms with Crippen LogP contribution in [0.5, 0.6) is 0 Å². The summed E-state index contributed by atoms with van der Waals surface area (Å²) in [6.07, 6.45) is 1.66. The number of Topliss-reactive ketones (excluding diaryl/α,β-unsaturated/α-hetero) is 1. The Morgan fingerprint density at radius 3 is 3.00 bits per heavy atom. The molecule has 0 aliphatic carbocycles. The lowest BCUT2D eigenvalue weighted by molar-refractivity contribution is -0.123. The topological polar surface area (TPSA) is 49.4 Å². The fraction of sp³-hybridized carbons (Fsp3) is 0.467. The Morgan fingerprint density at radius 2 is 2.25 bits per heavy atom. The molecule has 1 aromatic carbocycles. The van der Waals surface area contributed by atoms with Gasteiger partial charge < -0.3 is 10.2 Å². The van der Waals surface area contributed by atoms with Crippen molar-refractivity contribution in [2.75, 3.05) is 18.0 Å². The third-order valence-corrected chi connectivity index (χ3v) is 4.25. The van der Waals surface area contributed by atoms with Crippen LogP contribution in [0, 0.1) is 11.7 Å². The van der Waals surface area contributed by atoms with Crippen molar-refractivity contribution >= 4 is 17.4 Å². The highest BCUT2D eigenvalue weighted by Crippen LogP contribution is 2.35. The van der Waals surface area contributed by atoms with Crippen LogP contribution in [0.2, 0.25) is 0 Å². The van der Waals surface area contributed by atoms with E-state index in [2.05, 4.69) is 5.32 Å². The van der Waals surface area contributed by atoms with Crippen molar-refractivity contribution in [3.05, 3.63) is 29.6 Å². The minimum absolute atomic E-state index is 0.0421. The van der Waals surface area contributed by atoms with Gasteiger partial charge in [0, 0.05) is 18.7 Å². The van der Waals surface area contributed by atoms with E-state index in [-0.39, 0.29) is 23.7 Å². The van der Waals surface area contributed by atoms with Gasteiger partial charge in [-0.25, -0.2) is 4.39 Å². The number of rotatable bonds is 2. The molecule has 2 aliphatic heterocycles. The average molecular weight is 276 g/mol. The normalized spacial score (nSPS) is 25.3. The molecule has 2 fully saturated rings. The minimum atomic E-state index is -0.391. The van der Waals surface area contributed by atoms with Crippen molar-refractivity contribution in [2.24, 2.45) is 5.92 Å². The number of amides is 1. The second-order valence-corrected chi connectivity index (χ2v) is 5.45. The van der Waals surface area contributed by atoms with Crippen molar-refractivity contribution in [3.8, 4) is 0 Å². The molecule has 3 rings (SSSR count). The Balaban J connectivity index is 2.04. The Bertz CT molecular complexity index is 573. The van der Waals surface area contributed by atoms with E-state index < -0.39 is 5.82 Å². The number of nitrogens with one attached hydrogen (secondary N) is 1. The number of piperidine rings is 1. The molecule has 1 aromatic rings. The summed E-state index contributed by atoms with van der Waals surface area (Å²) in [4.78, 5) is 25.4. The highest BCUT2D eigenvalue weighted by atomic mass is 19.1. The number of ketones is 1. The predicted octanol–water partition coefficient (Wildman–Crippen LogP) is 1.74. The highest BCUT2D eigenvalue weighted by Gasteiger charge is 2.42. The van der Waals surface area contributed by atoms with Gasteiger partial charge in [0.25, 0.3) is 0 Å². The Hall–Kier alpha value is -1.91. The molecule has 0 aromatic heterocycles. The summed E-state index contributed by atoms with van der Waals surface area (Å²) in [6.45, 7) is 2.64. The molecule has 2 heterocycles. The fourth-order valence-corrected chi connectivity index (χ4v) is 3.32. The van der Waals surface area contributed by atoms with Gasteiger partial charge in [-0.05, 0) is 31.9 Å². The molecule has 5 heteroatoms. The second kappa shape index (κ2) is 4.89. The zero-order valence-corrected chi connectivity index (χ0v) is 11.4. The monoisotopic (exact) mass is 276 g/mol. The van der Waals surface area contributed by atoms with Crippen LogP contribution in [0.1, 0.15) is 30.1 Å². The van der Waals surface area contributed by atoms with Gasteiger partial charge in [0.2, 0.25) is 5.91 Å². The zero-order chi connectivity index (χ0) is 14.3. The molecule has 0 radical (unpaired) electrons. The summed E-state index contributed by atoms with van der Waals surface area (Å²) in [5.41, 5.74) is 0.746. The SMILES string of the molecule is CC(=O)c1cccc(F)c1N1CCCC2C(=O)NCC21. The molecule has 20 heavy (non-hydrogen) atoms. The molecule has 0 bridgehead atoms. The molecule has 2 atom stereocenters. The number of nitrogens with zero attached hydrogens (tertiary/aromatic N) is 1.